The van der Waals surface area contributed by atoms with Crippen molar-refractivity contribution in [2.24, 2.45) is 27.1 Å². The number of carboxylic acids is 1. The highest BCUT2D eigenvalue weighted by molar-refractivity contribution is 14.1. The molecule has 6 aliphatic heterocycles. The average Bonchev–Trinajstić information content (AvgIpc) is 1.64. The van der Waals surface area contributed by atoms with Crippen LogP contribution < -0.4 is 40.9 Å². The smallest absolute Gasteiger partial charge is 0.309 e. The fraction of sp³-hybridized carbons (Fsp3) is 0.614. The van der Waals surface area contributed by atoms with Crippen molar-refractivity contribution in [3.8, 4) is 0 Å². The standard InChI is InChI=1S/C16H22ClN3O.C15H19ClIN3O.C15H21ClN4O.C15H23ClN4.C11H14ClIN2.C11H15ClN2.C5H8O2/c1-11-8-14(18-9-13(11)17)20-7-6-19(10-12(20)2)15(21)16(3)4-5-16;2*1-10-9-19(14(21)15(2)3-4-15)5-6-20(10)13-7-12(17)11(16)8-18-13;1-11-9-19(10-15(2)3-4-15)5-6-20(11)14-7-13(17)12(16)8-18-14;1-8-4-2-3-5-15(8)11-6-10(13)9(12)7-14-11;1-9-4-2-3-7-14(9)11-6-5-10(12)8-13-11;1-5(2-3-5)4(6)7/h8-9,12H,4-7,10H2,1-3H3;7-8,10H,3-6,9H2,1-2H3;7-8,10H,3-6,9H2,1-2H3,(H2,17,18);7-8,11H,3-6,9-10H2,1-2H3,(H2,17,18);6-8H,2-5H2,1H3;5-6,8-9H,2-4,7H2,1H3;2-3H2,1H3,(H,6,7)/t12-;2*10-;11-;8-;9-;/m000000./s1. The van der Waals surface area contributed by atoms with Crippen molar-refractivity contribution in [2.45, 2.75) is 222 Å². The predicted octanol–water partition coefficient (Wildman–Crippen LogP) is 18.5. The number of rotatable bonds is 12. The zero-order valence-corrected chi connectivity index (χ0v) is 80.2. The molecule has 11 fully saturated rings. The highest BCUT2D eigenvalue weighted by Crippen LogP contribution is 2.50. The second-order valence-electron chi connectivity index (χ2n) is 36.3. The van der Waals surface area contributed by atoms with E-state index in [1.54, 1.807) is 50.2 Å². The van der Waals surface area contributed by atoms with E-state index in [0.29, 0.717) is 77.7 Å². The molecule has 6 atom stereocenters. The summed E-state index contributed by atoms with van der Waals surface area (Å²) in [7, 11) is 0. The van der Waals surface area contributed by atoms with Gasteiger partial charge >= 0.3 is 5.97 Å². The van der Waals surface area contributed by atoms with Crippen LogP contribution in [0.2, 0.25) is 30.1 Å². The molecule has 23 nitrogen and oxygen atoms in total. The molecule has 0 aromatic carbocycles. The molecule has 6 aromatic heterocycles. The molecule has 17 rings (SSSR count). The van der Waals surface area contributed by atoms with Gasteiger partial charge in [0.25, 0.3) is 0 Å². The molecule has 119 heavy (non-hydrogen) atoms. The predicted molar refractivity (Wildman–Crippen MR) is 504 cm³/mol. The van der Waals surface area contributed by atoms with Gasteiger partial charge in [0.05, 0.1) is 46.9 Å². The van der Waals surface area contributed by atoms with Crippen LogP contribution in [0.15, 0.2) is 79.6 Å². The number of anilines is 8. The summed E-state index contributed by atoms with van der Waals surface area (Å²) in [5.41, 5.74) is 13.9. The fourth-order valence-corrected chi connectivity index (χ4v) is 17.5. The Bertz CT molecular complexity index is 4260. The van der Waals surface area contributed by atoms with Gasteiger partial charge in [0, 0.05) is 207 Å². The zero-order valence-electron chi connectivity index (χ0n) is 71.3. The molecule has 650 valence electrons. The van der Waals surface area contributed by atoms with Gasteiger partial charge in [0.1, 0.15) is 34.9 Å². The Balaban J connectivity index is 0.000000138. The maximum atomic E-state index is 12.4. The molecule has 0 spiro atoms. The SMILES string of the molecule is CC1(C(=O)O)CC1.C[C@H]1CCCCN1c1cc(I)c(Cl)cn1.C[C@H]1CCCCN1c1ccc(Cl)cn1.C[C@H]1CN(C(=O)C2(C)CC2)CCN1c1cc(I)c(Cl)cn1.C[C@H]1CN(C(=O)C2(C)CC2)CCN1c1cc(N)c(Cl)cn1.C[C@H]1CN(CC2(C)CC2)CCN1c1cc(N)c(Cl)cn1.Cc1cc(N2CCN(C(=O)C3(C)CC3)C[C@@H]2C)ncc1Cl. The van der Waals surface area contributed by atoms with Crippen LogP contribution in [-0.4, -0.2) is 213 Å². The number of carboxylic acid groups (broad SMARTS) is 1. The van der Waals surface area contributed by atoms with Gasteiger partial charge in [0.2, 0.25) is 17.7 Å². The van der Waals surface area contributed by atoms with Crippen molar-refractivity contribution in [3.63, 3.8) is 0 Å². The van der Waals surface area contributed by atoms with E-state index < -0.39 is 5.97 Å². The number of amides is 3. The van der Waals surface area contributed by atoms with Gasteiger partial charge in [-0.2, -0.15) is 0 Å². The van der Waals surface area contributed by atoms with Crippen molar-refractivity contribution in [3.05, 3.63) is 122 Å². The van der Waals surface area contributed by atoms with Crippen LogP contribution in [0.5, 0.6) is 0 Å². The molecule has 3 amide bonds. The highest BCUT2D eigenvalue weighted by Gasteiger charge is 2.51. The molecule has 5 N–H and O–H groups in total. The molecule has 0 radical (unpaired) electrons. The Morgan fingerprint density at radius 2 is 0.723 bits per heavy atom. The first-order valence-corrected chi connectivity index (χ1v) is 46.8. The number of carbonyl (C=O) groups is 4. The van der Waals surface area contributed by atoms with Gasteiger partial charge in [-0.1, -0.05) is 97.3 Å². The van der Waals surface area contributed by atoms with E-state index in [1.807, 2.05) is 52.0 Å². The first kappa shape index (κ1) is 94.0. The topological polar surface area (TPSA) is 250 Å². The average molecular weight is 1980 g/mol. The number of aliphatic carboxylic acids is 1. The van der Waals surface area contributed by atoms with Crippen LogP contribution in [0.3, 0.4) is 0 Å². The van der Waals surface area contributed by atoms with Crippen LogP contribution >= 0.6 is 115 Å². The number of piperazine rings is 4. The van der Waals surface area contributed by atoms with Crippen LogP contribution in [0.25, 0.3) is 0 Å². The number of halogens is 8. The Labute approximate surface area is 762 Å². The minimum atomic E-state index is -0.646. The maximum Gasteiger partial charge on any atom is 0.309 e. The Morgan fingerprint density at radius 1 is 0.395 bits per heavy atom. The summed E-state index contributed by atoms with van der Waals surface area (Å²) in [5.74, 6) is 6.10. The first-order chi connectivity index (χ1) is 56.3. The lowest BCUT2D eigenvalue weighted by Gasteiger charge is -2.41. The quantitative estimate of drug-likeness (QED) is 0.0963. The molecule has 12 heterocycles. The lowest BCUT2D eigenvalue weighted by atomic mass is 10.0. The number of hydrogen-bond donors (Lipinski definition) is 3. The Morgan fingerprint density at radius 3 is 1.03 bits per heavy atom. The van der Waals surface area contributed by atoms with Crippen molar-refractivity contribution in [1.82, 2.24) is 49.5 Å². The second kappa shape index (κ2) is 40.5. The van der Waals surface area contributed by atoms with E-state index in [0.717, 1.165) is 196 Å². The first-order valence-electron chi connectivity index (χ1n) is 42.4. The monoisotopic (exact) mass is 1970 g/mol. The number of hydrogen-bond acceptors (Lipinski definition) is 19. The number of nitrogens with zero attached hydrogens (tertiary/aromatic N) is 16. The number of carbonyl (C=O) groups excluding carboxylic acids is 3. The summed E-state index contributed by atoms with van der Waals surface area (Å²) >= 11 is 40.2. The zero-order chi connectivity index (χ0) is 86.2. The summed E-state index contributed by atoms with van der Waals surface area (Å²) < 4.78 is 2.09. The number of aromatic nitrogens is 6. The number of piperidine rings is 2. The summed E-state index contributed by atoms with van der Waals surface area (Å²) in [6.45, 7) is 39.3. The molecule has 5 saturated carbocycles. The molecule has 6 saturated heterocycles. The summed E-state index contributed by atoms with van der Waals surface area (Å²) in [5, 5.41) is 12.1. The fourth-order valence-electron chi connectivity index (χ4n) is 16.0. The van der Waals surface area contributed by atoms with Crippen molar-refractivity contribution in [2.75, 3.05) is 139 Å². The van der Waals surface area contributed by atoms with Gasteiger partial charge in [-0.3, -0.25) is 24.1 Å². The third kappa shape index (κ3) is 25.1. The van der Waals surface area contributed by atoms with E-state index in [1.165, 1.54) is 57.9 Å². The van der Waals surface area contributed by atoms with Crippen LogP contribution in [0.4, 0.5) is 46.3 Å². The highest BCUT2D eigenvalue weighted by atomic mass is 127. The van der Waals surface area contributed by atoms with E-state index in [4.69, 9.17) is 86.2 Å². The molecule has 5 aliphatic carbocycles. The van der Waals surface area contributed by atoms with Crippen LogP contribution in [0, 0.1) is 41.1 Å². The van der Waals surface area contributed by atoms with Crippen LogP contribution in [0.1, 0.15) is 184 Å². The van der Waals surface area contributed by atoms with Gasteiger partial charge in [0.15, 0.2) is 0 Å². The largest absolute Gasteiger partial charge is 0.481 e. The number of aryl methyl sites for hydroxylation is 1. The third-order valence-corrected chi connectivity index (χ3v) is 30.0. The summed E-state index contributed by atoms with van der Waals surface area (Å²) in [6.07, 6.45) is 28.6. The van der Waals surface area contributed by atoms with Crippen molar-refractivity contribution >= 4 is 185 Å². The molecular formula is C88H122Cl6I2N18O5. The maximum absolute atomic E-state index is 12.4. The second-order valence-corrected chi connectivity index (χ2v) is 41.1. The molecule has 0 bridgehead atoms. The molecule has 6 aromatic rings. The number of nitrogen functional groups attached to an aromatic ring is 2. The van der Waals surface area contributed by atoms with Gasteiger partial charge in [-0.25, -0.2) is 29.9 Å². The van der Waals surface area contributed by atoms with E-state index in [9.17, 15) is 19.2 Å². The van der Waals surface area contributed by atoms with Gasteiger partial charge in [-0.15, -0.1) is 0 Å². The normalized spacial score (nSPS) is 23.9. The molecule has 11 aliphatic rings. The van der Waals surface area contributed by atoms with Crippen molar-refractivity contribution in [1.29, 1.82) is 0 Å². The Hall–Kier alpha value is -5.66. The van der Waals surface area contributed by atoms with Crippen molar-refractivity contribution < 1.29 is 24.3 Å². The molecule has 31 heteroatoms. The summed E-state index contributed by atoms with van der Waals surface area (Å²) in [6, 6.07) is 16.2. The van der Waals surface area contributed by atoms with E-state index in [-0.39, 0.29) is 39.8 Å². The van der Waals surface area contributed by atoms with Crippen LogP contribution in [-0.2, 0) is 19.2 Å². The van der Waals surface area contributed by atoms with E-state index >= 15 is 0 Å². The third-order valence-electron chi connectivity index (χ3n) is 25.7. The minimum absolute atomic E-state index is 0.0724. The lowest BCUT2D eigenvalue weighted by molar-refractivity contribution is -0.142. The van der Waals surface area contributed by atoms with Gasteiger partial charge in [-0.05, 0) is 245 Å². The summed E-state index contributed by atoms with van der Waals surface area (Å²) in [4.78, 5) is 96.2. The Kier molecular flexibility index (Phi) is 32.0. The van der Waals surface area contributed by atoms with E-state index in [2.05, 4.69) is 185 Å². The van der Waals surface area contributed by atoms with Gasteiger partial charge < -0.3 is 60.7 Å². The number of pyridine rings is 6. The molecular weight excluding hydrogens is 1860 g/mol. The molecule has 0 unspecified atom stereocenters. The number of nitrogens with two attached hydrogens (primary N) is 2. The lowest BCUT2D eigenvalue weighted by Crippen LogP contribution is -2.55. The minimum Gasteiger partial charge on any atom is -0.481 e.